The lowest BCUT2D eigenvalue weighted by atomic mass is 10.1. The van der Waals surface area contributed by atoms with E-state index in [4.69, 9.17) is 10.5 Å². The van der Waals surface area contributed by atoms with Crippen LogP contribution in [-0.2, 0) is 11.3 Å². The average Bonchev–Trinajstić information content (AvgIpc) is 2.71. The summed E-state index contributed by atoms with van der Waals surface area (Å²) in [7, 11) is 0. The van der Waals surface area contributed by atoms with Crippen LogP contribution in [0.1, 0.15) is 23.7 Å². The third kappa shape index (κ3) is 1.73. The molecule has 13 heavy (non-hydrogen) atoms. The van der Waals surface area contributed by atoms with Crippen LogP contribution in [0.2, 0.25) is 0 Å². The molecular weight excluding hydrogens is 162 g/mol. The van der Waals surface area contributed by atoms with Gasteiger partial charge in [0.2, 0.25) is 0 Å². The van der Waals surface area contributed by atoms with Crippen LogP contribution in [0.5, 0.6) is 0 Å². The molecule has 1 aromatic rings. The fourth-order valence-corrected chi connectivity index (χ4v) is 1.47. The van der Waals surface area contributed by atoms with Crippen molar-refractivity contribution < 1.29 is 4.74 Å². The van der Waals surface area contributed by atoms with Crippen LogP contribution < -0.4 is 5.73 Å². The molecule has 0 aliphatic carbocycles. The average molecular weight is 175 g/mol. The van der Waals surface area contributed by atoms with E-state index >= 15 is 0 Å². The number of hydrogen-bond donors (Lipinski definition) is 1. The van der Waals surface area contributed by atoms with Crippen LogP contribution in [0.25, 0.3) is 0 Å². The summed E-state index contributed by atoms with van der Waals surface area (Å²) in [6.07, 6.45) is 5.00. The van der Waals surface area contributed by atoms with Gasteiger partial charge in [-0.3, -0.25) is 0 Å². The topological polar surface area (TPSA) is 35.2 Å². The molecular formula is C11H13NO. The zero-order valence-corrected chi connectivity index (χ0v) is 7.44. The van der Waals surface area contributed by atoms with Crippen molar-refractivity contribution in [1.82, 2.24) is 0 Å². The van der Waals surface area contributed by atoms with Gasteiger partial charge in [0.15, 0.2) is 0 Å². The Hall–Kier alpha value is -1.28. The molecule has 1 heterocycles. The Morgan fingerprint density at radius 2 is 2.08 bits per heavy atom. The van der Waals surface area contributed by atoms with Gasteiger partial charge in [-0.05, 0) is 17.2 Å². The lowest BCUT2D eigenvalue weighted by molar-refractivity contribution is 0.173. The van der Waals surface area contributed by atoms with Crippen LogP contribution in [-0.4, -0.2) is 0 Å². The Bertz CT molecular complexity index is 294. The second-order valence-electron chi connectivity index (χ2n) is 3.18. The van der Waals surface area contributed by atoms with Crippen LogP contribution in [0.3, 0.4) is 0 Å². The smallest absolute Gasteiger partial charge is 0.126 e. The number of rotatable bonds is 2. The molecule has 0 radical (unpaired) electrons. The van der Waals surface area contributed by atoms with E-state index in [1.807, 2.05) is 6.08 Å². The highest BCUT2D eigenvalue weighted by atomic mass is 16.5. The fraction of sp³-hybridized carbons (Fsp3) is 0.273. The van der Waals surface area contributed by atoms with Crippen molar-refractivity contribution in [3.8, 4) is 0 Å². The fourth-order valence-electron chi connectivity index (χ4n) is 1.47. The van der Waals surface area contributed by atoms with Crippen LogP contribution in [0.4, 0.5) is 0 Å². The van der Waals surface area contributed by atoms with Gasteiger partial charge in [0.05, 0.1) is 6.26 Å². The first-order chi connectivity index (χ1) is 6.40. The molecule has 0 amide bonds. The van der Waals surface area contributed by atoms with E-state index in [0.717, 1.165) is 12.0 Å². The summed E-state index contributed by atoms with van der Waals surface area (Å²) in [5, 5.41) is 0. The molecule has 1 atom stereocenters. The Morgan fingerprint density at radius 1 is 1.31 bits per heavy atom. The summed E-state index contributed by atoms with van der Waals surface area (Å²) < 4.78 is 5.40. The quantitative estimate of drug-likeness (QED) is 0.747. The normalized spacial score (nSPS) is 20.2. The minimum Gasteiger partial charge on any atom is -0.493 e. The van der Waals surface area contributed by atoms with E-state index < -0.39 is 0 Å². The van der Waals surface area contributed by atoms with Crippen molar-refractivity contribution >= 4 is 0 Å². The van der Waals surface area contributed by atoms with Gasteiger partial charge in [0.1, 0.15) is 6.10 Å². The van der Waals surface area contributed by atoms with Gasteiger partial charge >= 0.3 is 0 Å². The predicted octanol–water partition coefficient (Wildman–Crippen LogP) is 2.12. The Kier molecular flexibility index (Phi) is 2.32. The molecule has 1 unspecified atom stereocenters. The summed E-state index contributed by atoms with van der Waals surface area (Å²) >= 11 is 0. The first kappa shape index (κ1) is 8.32. The molecule has 68 valence electrons. The largest absolute Gasteiger partial charge is 0.493 e. The monoisotopic (exact) mass is 175 g/mol. The summed E-state index contributed by atoms with van der Waals surface area (Å²) in [6, 6.07) is 8.27. The first-order valence-electron chi connectivity index (χ1n) is 4.49. The van der Waals surface area contributed by atoms with E-state index in [0.29, 0.717) is 6.54 Å². The van der Waals surface area contributed by atoms with E-state index in [1.165, 1.54) is 5.56 Å². The van der Waals surface area contributed by atoms with E-state index in [9.17, 15) is 0 Å². The van der Waals surface area contributed by atoms with Gasteiger partial charge < -0.3 is 10.5 Å². The van der Waals surface area contributed by atoms with Gasteiger partial charge in [0.25, 0.3) is 0 Å². The van der Waals surface area contributed by atoms with Crippen LogP contribution >= 0.6 is 0 Å². The van der Waals surface area contributed by atoms with Gasteiger partial charge in [-0.2, -0.15) is 0 Å². The van der Waals surface area contributed by atoms with Crippen molar-refractivity contribution in [2.24, 2.45) is 5.73 Å². The Balaban J connectivity index is 2.13. The van der Waals surface area contributed by atoms with E-state index in [-0.39, 0.29) is 6.10 Å². The zero-order valence-electron chi connectivity index (χ0n) is 7.44. The molecule has 0 saturated carbocycles. The first-order valence-corrected chi connectivity index (χ1v) is 4.49. The highest BCUT2D eigenvalue weighted by Crippen LogP contribution is 2.26. The highest BCUT2D eigenvalue weighted by molar-refractivity contribution is 5.25. The minimum atomic E-state index is 0.215. The third-order valence-electron chi connectivity index (χ3n) is 2.28. The molecule has 0 fully saturated rings. The molecule has 2 heteroatoms. The van der Waals surface area contributed by atoms with Crippen molar-refractivity contribution in [3.63, 3.8) is 0 Å². The molecule has 0 saturated heterocycles. The van der Waals surface area contributed by atoms with Crippen molar-refractivity contribution in [2.75, 3.05) is 0 Å². The summed E-state index contributed by atoms with van der Waals surface area (Å²) in [4.78, 5) is 0. The molecule has 0 bridgehead atoms. The molecule has 2 nitrogen and oxygen atoms in total. The van der Waals surface area contributed by atoms with Crippen molar-refractivity contribution in [2.45, 2.75) is 19.1 Å². The molecule has 1 aromatic carbocycles. The lowest BCUT2D eigenvalue weighted by Crippen LogP contribution is -1.98. The molecule has 1 aliphatic heterocycles. The summed E-state index contributed by atoms with van der Waals surface area (Å²) in [5.74, 6) is 0. The van der Waals surface area contributed by atoms with Gasteiger partial charge in [-0.25, -0.2) is 0 Å². The van der Waals surface area contributed by atoms with Crippen molar-refractivity contribution in [1.29, 1.82) is 0 Å². The van der Waals surface area contributed by atoms with E-state index in [1.54, 1.807) is 6.26 Å². The second-order valence-corrected chi connectivity index (χ2v) is 3.18. The Labute approximate surface area is 78.0 Å². The number of benzene rings is 1. The second kappa shape index (κ2) is 3.62. The van der Waals surface area contributed by atoms with Gasteiger partial charge in [-0.15, -0.1) is 0 Å². The maximum absolute atomic E-state index is 5.51. The van der Waals surface area contributed by atoms with Crippen LogP contribution in [0.15, 0.2) is 36.6 Å². The van der Waals surface area contributed by atoms with Gasteiger partial charge in [0, 0.05) is 13.0 Å². The Morgan fingerprint density at radius 3 is 2.62 bits per heavy atom. The van der Waals surface area contributed by atoms with Crippen LogP contribution in [0, 0.1) is 0 Å². The lowest BCUT2D eigenvalue weighted by Gasteiger charge is -2.10. The minimum absolute atomic E-state index is 0.215. The number of nitrogens with two attached hydrogens (primary N) is 1. The van der Waals surface area contributed by atoms with Crippen molar-refractivity contribution in [3.05, 3.63) is 47.7 Å². The molecule has 0 aromatic heterocycles. The highest BCUT2D eigenvalue weighted by Gasteiger charge is 2.12. The van der Waals surface area contributed by atoms with Gasteiger partial charge in [-0.1, -0.05) is 24.3 Å². The third-order valence-corrected chi connectivity index (χ3v) is 2.28. The maximum Gasteiger partial charge on any atom is 0.126 e. The van der Waals surface area contributed by atoms with E-state index in [2.05, 4.69) is 24.3 Å². The zero-order chi connectivity index (χ0) is 9.10. The molecule has 2 N–H and O–H groups in total. The molecule has 1 aliphatic rings. The SMILES string of the molecule is NCc1ccc(C2CC=CO2)cc1. The molecule has 0 spiro atoms. The summed E-state index contributed by atoms with van der Waals surface area (Å²) in [6.45, 7) is 0.601. The predicted molar refractivity (Wildman–Crippen MR) is 51.9 cm³/mol. The number of hydrogen-bond acceptors (Lipinski definition) is 2. The maximum atomic E-state index is 5.51. The summed E-state index contributed by atoms with van der Waals surface area (Å²) in [5.41, 5.74) is 7.90. The molecule has 2 rings (SSSR count). The number of ether oxygens (including phenoxy) is 1. The standard InChI is InChI=1S/C11H13NO/c12-8-9-3-5-10(6-4-9)11-2-1-7-13-11/h1,3-7,11H,2,8,12H2.